The van der Waals surface area contributed by atoms with Crippen LogP contribution in [-0.2, 0) is 17.6 Å². The first kappa shape index (κ1) is 19.5. The monoisotopic (exact) mass is 424 g/mol. The van der Waals surface area contributed by atoms with Crippen molar-refractivity contribution in [2.45, 2.75) is 12.7 Å². The molecule has 0 aliphatic carbocycles. The lowest BCUT2D eigenvalue weighted by Crippen LogP contribution is -2.23. The van der Waals surface area contributed by atoms with Crippen molar-refractivity contribution in [2.24, 2.45) is 7.05 Å². The normalized spacial score (nSPS) is 11.1. The lowest BCUT2D eigenvalue weighted by atomic mass is 10.3. The Hall–Kier alpha value is -2.84. The molecule has 0 unspecified atom stereocenters. The summed E-state index contributed by atoms with van der Waals surface area (Å²) in [5.41, 5.74) is 2.54. The number of amides is 1. The molecule has 0 radical (unpaired) electrons. The van der Waals surface area contributed by atoms with Gasteiger partial charge < -0.3 is 5.32 Å². The fraction of sp³-hybridized carbons (Fsp3) is 0.190. The quantitative estimate of drug-likeness (QED) is 0.509. The van der Waals surface area contributed by atoms with E-state index in [1.165, 1.54) is 11.8 Å². The minimum Gasteiger partial charge on any atom is -0.319 e. The van der Waals surface area contributed by atoms with E-state index in [0.717, 1.165) is 20.9 Å². The van der Waals surface area contributed by atoms with E-state index in [-0.39, 0.29) is 17.2 Å². The predicted molar refractivity (Wildman–Crippen MR) is 120 cm³/mol. The Labute approximate surface area is 176 Å². The molecule has 0 atom stereocenters. The number of hydrogen-bond acceptors (Lipinski definition) is 5. The first-order valence-corrected chi connectivity index (χ1v) is 11.1. The summed E-state index contributed by atoms with van der Waals surface area (Å²) in [5, 5.41) is 3.78. The van der Waals surface area contributed by atoms with Gasteiger partial charge in [-0.25, -0.2) is 9.67 Å². The zero-order valence-corrected chi connectivity index (χ0v) is 17.7. The highest BCUT2D eigenvalue weighted by Gasteiger charge is 2.18. The second-order valence-electron chi connectivity index (χ2n) is 6.55. The van der Waals surface area contributed by atoms with Crippen LogP contribution in [0.4, 0.5) is 5.69 Å². The van der Waals surface area contributed by atoms with Crippen LogP contribution < -0.4 is 10.9 Å². The molecule has 6 nitrogen and oxygen atoms in total. The van der Waals surface area contributed by atoms with Crippen LogP contribution in [0.5, 0.6) is 0 Å². The second-order valence-corrected chi connectivity index (χ2v) is 8.65. The fourth-order valence-electron chi connectivity index (χ4n) is 3.10. The molecule has 2 heterocycles. The molecule has 4 rings (SSSR count). The summed E-state index contributed by atoms with van der Waals surface area (Å²) < 4.78 is 4.45. The van der Waals surface area contributed by atoms with E-state index < -0.39 is 0 Å². The Kier molecular flexibility index (Phi) is 5.55. The van der Waals surface area contributed by atoms with Gasteiger partial charge >= 0.3 is 0 Å². The van der Waals surface area contributed by atoms with Gasteiger partial charge in [-0.3, -0.25) is 14.3 Å². The minimum absolute atomic E-state index is 0.192. The number of aromatic nitrogens is 3. The molecule has 0 saturated carbocycles. The van der Waals surface area contributed by atoms with Gasteiger partial charge in [0, 0.05) is 12.8 Å². The maximum atomic E-state index is 12.9. The highest BCUT2D eigenvalue weighted by atomic mass is 32.2. The number of carbonyl (C=O) groups excluding carboxylic acids is 1. The van der Waals surface area contributed by atoms with Crippen LogP contribution in [0.3, 0.4) is 0 Å². The van der Waals surface area contributed by atoms with E-state index >= 15 is 0 Å². The molecular weight excluding hydrogens is 404 g/mol. The van der Waals surface area contributed by atoms with Gasteiger partial charge in [-0.05, 0) is 31.2 Å². The Bertz CT molecular complexity index is 1190. The third kappa shape index (κ3) is 3.99. The highest BCUT2D eigenvalue weighted by Crippen LogP contribution is 2.25. The van der Waals surface area contributed by atoms with Gasteiger partial charge in [0.2, 0.25) is 5.91 Å². The lowest BCUT2D eigenvalue weighted by Gasteiger charge is -2.07. The number of rotatable bonds is 6. The molecule has 0 aliphatic heterocycles. The molecule has 2 aromatic carbocycles. The van der Waals surface area contributed by atoms with Crippen LogP contribution in [-0.4, -0.2) is 26.0 Å². The van der Waals surface area contributed by atoms with Crippen molar-refractivity contribution in [2.75, 3.05) is 11.1 Å². The fourth-order valence-corrected chi connectivity index (χ4v) is 4.95. The Morgan fingerprint density at radius 3 is 2.62 bits per heavy atom. The number of benzene rings is 2. The van der Waals surface area contributed by atoms with Gasteiger partial charge in [0.1, 0.15) is 10.7 Å². The Balaban J connectivity index is 1.42. The number of nitrogens with zero attached hydrogens (tertiary/aromatic N) is 3. The minimum atomic E-state index is -0.235. The van der Waals surface area contributed by atoms with Crippen molar-refractivity contribution in [1.82, 2.24) is 14.3 Å². The zero-order valence-electron chi connectivity index (χ0n) is 16.1. The van der Waals surface area contributed by atoms with E-state index in [9.17, 15) is 9.59 Å². The summed E-state index contributed by atoms with van der Waals surface area (Å²) >= 11 is 3.13. The van der Waals surface area contributed by atoms with Gasteiger partial charge in [0.05, 0.1) is 27.4 Å². The number of nitrogens with one attached hydrogen (secondary N) is 1. The molecule has 0 aliphatic rings. The number of fused-ring (bicyclic) bond motifs is 1. The maximum absolute atomic E-state index is 12.9. The molecular formula is C21H20N4O2S2. The number of anilines is 1. The van der Waals surface area contributed by atoms with E-state index in [4.69, 9.17) is 0 Å². The third-order valence-corrected chi connectivity index (χ3v) is 6.78. The molecule has 0 spiro atoms. The van der Waals surface area contributed by atoms with E-state index in [1.54, 1.807) is 27.7 Å². The van der Waals surface area contributed by atoms with Crippen molar-refractivity contribution in [3.05, 3.63) is 75.7 Å². The summed E-state index contributed by atoms with van der Waals surface area (Å²) in [6, 6.07) is 17.4. The van der Waals surface area contributed by atoms with Gasteiger partial charge in [-0.1, -0.05) is 30.3 Å². The topological polar surface area (TPSA) is 68.9 Å². The maximum Gasteiger partial charge on any atom is 0.295 e. The van der Waals surface area contributed by atoms with Crippen LogP contribution >= 0.6 is 23.1 Å². The average molecular weight is 425 g/mol. The molecule has 4 aromatic rings. The van der Waals surface area contributed by atoms with Gasteiger partial charge in [0.25, 0.3) is 5.56 Å². The first-order valence-electron chi connectivity index (χ1n) is 9.10. The zero-order chi connectivity index (χ0) is 20.4. The Morgan fingerprint density at radius 1 is 1.14 bits per heavy atom. The van der Waals surface area contributed by atoms with Crippen molar-refractivity contribution in [3.63, 3.8) is 0 Å². The first-order chi connectivity index (χ1) is 14.0. The van der Waals surface area contributed by atoms with E-state index in [0.29, 0.717) is 17.1 Å². The van der Waals surface area contributed by atoms with Crippen LogP contribution in [0.15, 0.2) is 59.4 Å². The largest absolute Gasteiger partial charge is 0.319 e. The summed E-state index contributed by atoms with van der Waals surface area (Å²) in [6.07, 6.45) is 0. The molecule has 148 valence electrons. The van der Waals surface area contributed by atoms with Crippen LogP contribution in [0.25, 0.3) is 15.9 Å². The standard InChI is InChI=1S/C21H20N4O2S2/c1-14-20(21(27)25(24(14)2)15-8-4-3-5-9-15)23-18(26)12-28-13-19-22-16-10-6-7-11-17(16)29-19/h3-11H,12-13H2,1-2H3,(H,23,26). The molecule has 0 fully saturated rings. The molecule has 1 N–H and O–H groups in total. The number of para-hydroxylation sites is 2. The number of carbonyl (C=O) groups is 1. The van der Waals surface area contributed by atoms with Gasteiger partial charge in [0.15, 0.2) is 0 Å². The van der Waals surface area contributed by atoms with Crippen molar-refractivity contribution < 1.29 is 4.79 Å². The molecule has 1 amide bonds. The molecule has 8 heteroatoms. The van der Waals surface area contributed by atoms with E-state index in [1.807, 2.05) is 61.5 Å². The molecule has 2 aromatic heterocycles. The smallest absolute Gasteiger partial charge is 0.295 e. The summed E-state index contributed by atoms with van der Waals surface area (Å²) in [5.74, 6) is 0.728. The van der Waals surface area contributed by atoms with Gasteiger partial charge in [-0.15, -0.1) is 23.1 Å². The molecule has 0 bridgehead atoms. The summed E-state index contributed by atoms with van der Waals surface area (Å²) in [7, 11) is 1.81. The van der Waals surface area contributed by atoms with Gasteiger partial charge in [-0.2, -0.15) is 0 Å². The van der Waals surface area contributed by atoms with E-state index in [2.05, 4.69) is 10.3 Å². The molecule has 29 heavy (non-hydrogen) atoms. The van der Waals surface area contributed by atoms with Crippen LogP contribution in [0, 0.1) is 6.92 Å². The number of hydrogen-bond donors (Lipinski definition) is 1. The highest BCUT2D eigenvalue weighted by molar-refractivity contribution is 7.99. The molecule has 0 saturated heterocycles. The average Bonchev–Trinajstić information content (AvgIpc) is 3.23. The van der Waals surface area contributed by atoms with Crippen LogP contribution in [0.2, 0.25) is 0 Å². The van der Waals surface area contributed by atoms with Crippen LogP contribution in [0.1, 0.15) is 10.7 Å². The van der Waals surface area contributed by atoms with Crippen molar-refractivity contribution in [1.29, 1.82) is 0 Å². The third-order valence-electron chi connectivity index (χ3n) is 4.62. The predicted octanol–water partition coefficient (Wildman–Crippen LogP) is 3.97. The summed E-state index contributed by atoms with van der Waals surface area (Å²) in [6.45, 7) is 1.82. The van der Waals surface area contributed by atoms with Crippen molar-refractivity contribution >= 4 is 44.9 Å². The summed E-state index contributed by atoms with van der Waals surface area (Å²) in [4.78, 5) is 29.9. The Morgan fingerprint density at radius 2 is 1.86 bits per heavy atom. The SMILES string of the molecule is Cc1c(NC(=O)CSCc2nc3ccccc3s2)c(=O)n(-c2ccccc2)n1C. The second kappa shape index (κ2) is 8.26. The number of thioether (sulfide) groups is 1. The van der Waals surface area contributed by atoms with Crippen molar-refractivity contribution in [3.8, 4) is 5.69 Å². The lowest BCUT2D eigenvalue weighted by molar-refractivity contribution is -0.113. The number of thiazole rings is 1.